The van der Waals surface area contributed by atoms with Gasteiger partial charge in [0.1, 0.15) is 0 Å². The molecule has 1 aromatic rings. The Morgan fingerprint density at radius 2 is 1.78 bits per heavy atom. The molecule has 0 fully saturated rings. The monoisotopic (exact) mass is 311 g/mol. The number of nitrogens with two attached hydrogens (primary N) is 1. The van der Waals surface area contributed by atoms with E-state index < -0.39 is 17.4 Å². The van der Waals surface area contributed by atoms with Crippen LogP contribution in [0, 0.1) is 5.41 Å². The van der Waals surface area contributed by atoms with E-state index in [0.717, 1.165) is 0 Å². The quantitative estimate of drug-likeness (QED) is 0.867. The number of methoxy groups -OCH3 is 1. The number of benzene rings is 1. The molecule has 0 bridgehead atoms. The molecule has 1 atom stereocenters. The molecule has 1 aromatic carbocycles. The van der Waals surface area contributed by atoms with Gasteiger partial charge in [0, 0.05) is 21.7 Å². The molecule has 0 spiro atoms. The van der Waals surface area contributed by atoms with Gasteiger partial charge in [-0.25, -0.2) is 0 Å². The zero-order chi connectivity index (χ0) is 13.2. The normalized spacial score (nSPS) is 12.6. The summed E-state index contributed by atoms with van der Waals surface area (Å²) in [5.74, 6) is -0.402. The fourth-order valence-electron chi connectivity index (χ4n) is 1.56. The average Bonchev–Trinajstić information content (AvgIpc) is 2.27. The van der Waals surface area contributed by atoms with Gasteiger partial charge in [0.2, 0.25) is 0 Å². The molecule has 18 heavy (non-hydrogen) atoms. The van der Waals surface area contributed by atoms with Crippen LogP contribution in [-0.4, -0.2) is 13.1 Å². The molecule has 6 heteroatoms. The van der Waals surface area contributed by atoms with Crippen LogP contribution in [0.1, 0.15) is 25.5 Å². The number of esters is 1. The van der Waals surface area contributed by atoms with Crippen LogP contribution in [0.5, 0.6) is 0 Å². The maximum absolute atomic E-state index is 11.7. The lowest BCUT2D eigenvalue weighted by Crippen LogP contribution is -2.37. The second-order valence-electron chi connectivity index (χ2n) is 4.33. The van der Waals surface area contributed by atoms with Crippen molar-refractivity contribution in [1.29, 1.82) is 0 Å². The number of hydrogen-bond donors (Lipinski definition) is 1. The van der Waals surface area contributed by atoms with Gasteiger partial charge in [0.05, 0.1) is 12.5 Å². The number of rotatable bonds is 3. The average molecular weight is 313 g/mol. The van der Waals surface area contributed by atoms with E-state index >= 15 is 0 Å². The van der Waals surface area contributed by atoms with E-state index in [4.69, 9.17) is 33.7 Å². The van der Waals surface area contributed by atoms with Crippen LogP contribution in [0.2, 0.25) is 10.0 Å². The van der Waals surface area contributed by atoms with E-state index in [9.17, 15) is 4.79 Å². The molecule has 0 saturated carbocycles. The Kier molecular flexibility index (Phi) is 6.44. The second kappa shape index (κ2) is 6.62. The van der Waals surface area contributed by atoms with Crippen LogP contribution >= 0.6 is 35.6 Å². The number of carbonyl (C=O) groups excluding carboxylic acids is 1. The maximum atomic E-state index is 11.7. The van der Waals surface area contributed by atoms with Gasteiger partial charge in [-0.1, -0.05) is 29.3 Å². The summed E-state index contributed by atoms with van der Waals surface area (Å²) < 4.78 is 4.73. The highest BCUT2D eigenvalue weighted by Crippen LogP contribution is 2.39. The topological polar surface area (TPSA) is 52.3 Å². The maximum Gasteiger partial charge on any atom is 0.313 e. The predicted octanol–water partition coefficient (Wildman–Crippen LogP) is 3.61. The van der Waals surface area contributed by atoms with Gasteiger partial charge < -0.3 is 10.5 Å². The van der Waals surface area contributed by atoms with Crippen molar-refractivity contribution in [1.82, 2.24) is 0 Å². The molecule has 0 aliphatic carbocycles. The van der Waals surface area contributed by atoms with Crippen molar-refractivity contribution < 1.29 is 9.53 Å². The smallest absolute Gasteiger partial charge is 0.313 e. The van der Waals surface area contributed by atoms with Crippen molar-refractivity contribution in [2.24, 2.45) is 11.1 Å². The lowest BCUT2D eigenvalue weighted by atomic mass is 9.81. The van der Waals surface area contributed by atoms with Crippen molar-refractivity contribution in [3.05, 3.63) is 33.8 Å². The van der Waals surface area contributed by atoms with Gasteiger partial charge in [-0.05, 0) is 26.0 Å². The number of carbonyl (C=O) groups is 1. The first-order valence-electron chi connectivity index (χ1n) is 5.10. The molecule has 0 heterocycles. The Hall–Kier alpha value is -0.480. The van der Waals surface area contributed by atoms with Crippen LogP contribution in [0.4, 0.5) is 0 Å². The zero-order valence-electron chi connectivity index (χ0n) is 10.4. The molecule has 0 aromatic heterocycles. The van der Waals surface area contributed by atoms with Gasteiger partial charge in [0.15, 0.2) is 0 Å². The third kappa shape index (κ3) is 3.29. The van der Waals surface area contributed by atoms with Gasteiger partial charge in [-0.3, -0.25) is 4.79 Å². The highest BCUT2D eigenvalue weighted by molar-refractivity contribution is 6.36. The summed E-state index contributed by atoms with van der Waals surface area (Å²) in [6.45, 7) is 3.40. The van der Waals surface area contributed by atoms with Crippen LogP contribution in [-0.2, 0) is 9.53 Å². The summed E-state index contributed by atoms with van der Waals surface area (Å²) in [6.07, 6.45) is 0. The van der Waals surface area contributed by atoms with Crippen LogP contribution in [0.15, 0.2) is 18.2 Å². The molecule has 0 saturated heterocycles. The molecule has 2 N–H and O–H groups in total. The second-order valence-corrected chi connectivity index (χ2v) is 5.14. The number of ether oxygens (including phenoxy) is 1. The highest BCUT2D eigenvalue weighted by atomic mass is 35.5. The zero-order valence-corrected chi connectivity index (χ0v) is 12.7. The first-order chi connectivity index (χ1) is 7.82. The SMILES string of the molecule is COC(=O)C(C)(C)[C@H](N)c1c(Cl)cccc1Cl.Cl. The number of halogens is 3. The molecular weight excluding hydrogens is 296 g/mol. The molecule has 1 rings (SSSR count). The van der Waals surface area contributed by atoms with Crippen molar-refractivity contribution in [3.8, 4) is 0 Å². The first-order valence-corrected chi connectivity index (χ1v) is 5.86. The fourth-order valence-corrected chi connectivity index (χ4v) is 2.19. The van der Waals surface area contributed by atoms with Crippen LogP contribution in [0.25, 0.3) is 0 Å². The first kappa shape index (κ1) is 17.5. The third-order valence-corrected chi connectivity index (χ3v) is 3.46. The summed E-state index contributed by atoms with van der Waals surface area (Å²) in [7, 11) is 1.32. The summed E-state index contributed by atoms with van der Waals surface area (Å²) >= 11 is 12.1. The van der Waals surface area contributed by atoms with Crippen molar-refractivity contribution in [2.75, 3.05) is 7.11 Å². The van der Waals surface area contributed by atoms with E-state index in [-0.39, 0.29) is 12.4 Å². The standard InChI is InChI=1S/C12H15Cl2NO2.ClH/c1-12(2,11(16)17-3)10(15)9-7(13)5-4-6-8(9)14;/h4-6,10H,15H2,1-3H3;1H/t10-;/m1./s1. The van der Waals surface area contributed by atoms with E-state index in [1.807, 2.05) is 0 Å². The molecule has 3 nitrogen and oxygen atoms in total. The van der Waals surface area contributed by atoms with Gasteiger partial charge in [-0.2, -0.15) is 0 Å². The minimum absolute atomic E-state index is 0. The Balaban J connectivity index is 0.00000289. The van der Waals surface area contributed by atoms with E-state index in [1.165, 1.54) is 7.11 Å². The van der Waals surface area contributed by atoms with E-state index in [0.29, 0.717) is 15.6 Å². The molecule has 0 unspecified atom stereocenters. The summed E-state index contributed by atoms with van der Waals surface area (Å²) in [4.78, 5) is 11.7. The molecule has 0 aliphatic rings. The molecular formula is C12H16Cl3NO2. The van der Waals surface area contributed by atoms with Gasteiger partial charge >= 0.3 is 5.97 Å². The predicted molar refractivity (Wildman–Crippen MR) is 76.4 cm³/mol. The Labute approximate surface area is 123 Å². The highest BCUT2D eigenvalue weighted by Gasteiger charge is 2.38. The van der Waals surface area contributed by atoms with E-state index in [2.05, 4.69) is 0 Å². The molecule has 0 radical (unpaired) electrons. The lowest BCUT2D eigenvalue weighted by Gasteiger charge is -2.30. The lowest BCUT2D eigenvalue weighted by molar-refractivity contribution is -0.152. The van der Waals surface area contributed by atoms with Crippen molar-refractivity contribution in [3.63, 3.8) is 0 Å². The minimum Gasteiger partial charge on any atom is -0.469 e. The van der Waals surface area contributed by atoms with E-state index in [1.54, 1.807) is 32.0 Å². The number of hydrogen-bond acceptors (Lipinski definition) is 3. The van der Waals surface area contributed by atoms with Gasteiger partial charge in [-0.15, -0.1) is 12.4 Å². The minimum atomic E-state index is -0.899. The Morgan fingerprint density at radius 3 is 2.17 bits per heavy atom. The summed E-state index contributed by atoms with van der Waals surface area (Å²) in [6, 6.07) is 4.48. The fraction of sp³-hybridized carbons (Fsp3) is 0.417. The Morgan fingerprint density at radius 1 is 1.33 bits per heavy atom. The van der Waals surface area contributed by atoms with Crippen molar-refractivity contribution >= 4 is 41.6 Å². The largest absolute Gasteiger partial charge is 0.469 e. The van der Waals surface area contributed by atoms with Crippen molar-refractivity contribution in [2.45, 2.75) is 19.9 Å². The van der Waals surface area contributed by atoms with Gasteiger partial charge in [0.25, 0.3) is 0 Å². The third-order valence-electron chi connectivity index (χ3n) is 2.80. The molecule has 0 aliphatic heterocycles. The van der Waals surface area contributed by atoms with Crippen LogP contribution < -0.4 is 5.73 Å². The summed E-state index contributed by atoms with van der Waals surface area (Å²) in [5, 5.41) is 0.893. The molecule has 102 valence electrons. The Bertz CT molecular complexity index is 415. The molecule has 0 amide bonds. The van der Waals surface area contributed by atoms with Crippen LogP contribution in [0.3, 0.4) is 0 Å². The summed E-state index contributed by atoms with van der Waals surface area (Å²) in [5.41, 5.74) is 5.74.